The quantitative estimate of drug-likeness (QED) is 0.702. The van der Waals surface area contributed by atoms with E-state index in [4.69, 9.17) is 0 Å². The number of nitrogens with zero attached hydrogens (tertiary/aromatic N) is 3. The van der Waals surface area contributed by atoms with Gasteiger partial charge in [0.05, 0.1) is 16.8 Å². The Labute approximate surface area is 151 Å². The van der Waals surface area contributed by atoms with Crippen molar-refractivity contribution in [2.45, 2.75) is 35.2 Å². The summed E-state index contributed by atoms with van der Waals surface area (Å²) in [5.74, 6) is -0.231. The second kappa shape index (κ2) is 7.66. The molecule has 1 saturated heterocycles. The Balaban J connectivity index is 1.90. The molecule has 7 nitrogen and oxygen atoms in total. The summed E-state index contributed by atoms with van der Waals surface area (Å²) in [7, 11) is -1.54. The van der Waals surface area contributed by atoms with Crippen LogP contribution in [0.15, 0.2) is 4.34 Å². The molecule has 1 aliphatic rings. The summed E-state index contributed by atoms with van der Waals surface area (Å²) in [6.07, 6.45) is -3.95. The molecule has 0 aliphatic carbocycles. The number of rotatable bonds is 6. The molecule has 1 aromatic heterocycles. The zero-order valence-corrected chi connectivity index (χ0v) is 15.9. The number of hydrogen-bond donors (Lipinski definition) is 1. The van der Waals surface area contributed by atoms with Crippen LogP contribution in [-0.2, 0) is 14.6 Å². The van der Waals surface area contributed by atoms with E-state index < -0.39 is 27.8 Å². The van der Waals surface area contributed by atoms with E-state index in [0.29, 0.717) is 10.8 Å². The van der Waals surface area contributed by atoms with Crippen molar-refractivity contribution in [1.29, 1.82) is 0 Å². The van der Waals surface area contributed by atoms with E-state index in [1.54, 1.807) is 14.0 Å². The zero-order valence-electron chi connectivity index (χ0n) is 13.4. The first-order chi connectivity index (χ1) is 11.5. The van der Waals surface area contributed by atoms with Crippen molar-refractivity contribution in [3.05, 3.63) is 0 Å². The van der Waals surface area contributed by atoms with Gasteiger partial charge in [-0.1, -0.05) is 23.1 Å². The molecule has 0 aromatic carbocycles. The van der Waals surface area contributed by atoms with E-state index in [9.17, 15) is 26.4 Å². The van der Waals surface area contributed by atoms with Gasteiger partial charge < -0.3 is 10.2 Å². The number of nitrogens with one attached hydrogen (secondary N) is 1. The summed E-state index contributed by atoms with van der Waals surface area (Å²) in [4.78, 5) is 13.8. The Bertz CT molecular complexity index is 723. The van der Waals surface area contributed by atoms with Crippen molar-refractivity contribution in [3.8, 4) is 0 Å². The van der Waals surface area contributed by atoms with Gasteiger partial charge in [-0.15, -0.1) is 10.2 Å². The van der Waals surface area contributed by atoms with Crippen LogP contribution in [0.5, 0.6) is 0 Å². The lowest BCUT2D eigenvalue weighted by atomic mass is 10.2. The fourth-order valence-electron chi connectivity index (χ4n) is 2.25. The first-order valence-corrected chi connectivity index (χ1v) is 10.8. The third-order valence-corrected chi connectivity index (χ3v) is 7.38. The molecule has 2 unspecified atom stereocenters. The van der Waals surface area contributed by atoms with Crippen LogP contribution in [0.4, 0.5) is 18.3 Å². The number of alkyl halides is 3. The molecule has 2 rings (SSSR count). The molecule has 0 radical (unpaired) electrons. The number of carbonyl (C=O) groups excluding carboxylic acids is 1. The van der Waals surface area contributed by atoms with Crippen molar-refractivity contribution in [2.24, 2.45) is 0 Å². The predicted molar refractivity (Wildman–Crippen MR) is 89.6 cm³/mol. The highest BCUT2D eigenvalue weighted by Crippen LogP contribution is 2.31. The molecular formula is C12H17F3N4O3S3. The van der Waals surface area contributed by atoms with Crippen LogP contribution >= 0.6 is 23.1 Å². The Morgan fingerprint density at radius 1 is 1.48 bits per heavy atom. The molecule has 0 saturated carbocycles. The maximum absolute atomic E-state index is 12.4. The van der Waals surface area contributed by atoms with Gasteiger partial charge in [0.25, 0.3) is 0 Å². The predicted octanol–water partition coefficient (Wildman–Crippen LogP) is 1.64. The van der Waals surface area contributed by atoms with Crippen molar-refractivity contribution in [2.75, 3.05) is 30.4 Å². The molecule has 142 valence electrons. The average molecular weight is 418 g/mol. The standard InChI is InChI=1S/C12H17F3N4O3S3/c1-7(9(20)19(2)8-3-4-25(21,22)5-8)23-11-18-17-10(24-11)16-6-12(13,14)15/h7-8H,3-6H2,1-2H3,(H,16,17). The minimum atomic E-state index is -4.35. The topological polar surface area (TPSA) is 92.3 Å². The van der Waals surface area contributed by atoms with Crippen LogP contribution in [0, 0.1) is 0 Å². The van der Waals surface area contributed by atoms with Crippen LogP contribution in [0.1, 0.15) is 13.3 Å². The van der Waals surface area contributed by atoms with Gasteiger partial charge in [-0.05, 0) is 13.3 Å². The maximum atomic E-state index is 12.4. The smallest absolute Gasteiger partial charge is 0.351 e. The first-order valence-electron chi connectivity index (χ1n) is 7.25. The van der Waals surface area contributed by atoms with Crippen molar-refractivity contribution in [3.63, 3.8) is 0 Å². The minimum absolute atomic E-state index is 0.0229. The lowest BCUT2D eigenvalue weighted by molar-refractivity contribution is -0.130. The van der Waals surface area contributed by atoms with Crippen molar-refractivity contribution in [1.82, 2.24) is 15.1 Å². The van der Waals surface area contributed by atoms with E-state index in [-0.39, 0.29) is 28.6 Å². The molecule has 2 heterocycles. The second-order valence-corrected chi connectivity index (χ2v) is 10.4. The van der Waals surface area contributed by atoms with E-state index in [1.165, 1.54) is 4.90 Å². The highest BCUT2D eigenvalue weighted by Gasteiger charge is 2.34. The molecule has 1 fully saturated rings. The van der Waals surface area contributed by atoms with Gasteiger partial charge in [-0.2, -0.15) is 13.2 Å². The second-order valence-electron chi connectivity index (χ2n) is 5.61. The molecular weight excluding hydrogens is 401 g/mol. The van der Waals surface area contributed by atoms with Gasteiger partial charge in [0.1, 0.15) is 6.54 Å². The normalized spacial score (nSPS) is 21.1. The van der Waals surface area contributed by atoms with Crippen LogP contribution in [0.3, 0.4) is 0 Å². The largest absolute Gasteiger partial charge is 0.405 e. The third kappa shape index (κ3) is 5.99. The first kappa shape index (κ1) is 20.2. The molecule has 1 amide bonds. The number of halogens is 3. The summed E-state index contributed by atoms with van der Waals surface area (Å²) in [5.41, 5.74) is 0. The SMILES string of the molecule is CC(Sc1nnc(NCC(F)(F)F)s1)C(=O)N(C)C1CCS(=O)(=O)C1. The molecule has 0 spiro atoms. The Hall–Kier alpha value is -1.08. The number of hydrogen-bond acceptors (Lipinski definition) is 8. The molecule has 2 atom stereocenters. The van der Waals surface area contributed by atoms with Gasteiger partial charge in [-0.25, -0.2) is 8.42 Å². The Morgan fingerprint density at radius 2 is 2.16 bits per heavy atom. The molecule has 1 N–H and O–H groups in total. The molecule has 25 heavy (non-hydrogen) atoms. The average Bonchev–Trinajstić information content (AvgIpc) is 3.09. The van der Waals surface area contributed by atoms with Crippen molar-refractivity contribution >= 4 is 44.0 Å². The van der Waals surface area contributed by atoms with E-state index in [0.717, 1.165) is 23.1 Å². The molecule has 1 aromatic rings. The van der Waals surface area contributed by atoms with Gasteiger partial charge >= 0.3 is 6.18 Å². The van der Waals surface area contributed by atoms with Gasteiger partial charge in [0.15, 0.2) is 14.2 Å². The number of sulfone groups is 1. The lowest BCUT2D eigenvalue weighted by Crippen LogP contribution is -2.41. The summed E-state index contributed by atoms with van der Waals surface area (Å²) in [6.45, 7) is 0.427. The zero-order chi connectivity index (χ0) is 18.8. The van der Waals surface area contributed by atoms with Crippen LogP contribution < -0.4 is 5.32 Å². The summed E-state index contributed by atoms with van der Waals surface area (Å²) >= 11 is 2.00. The third-order valence-electron chi connectivity index (χ3n) is 3.58. The molecule has 1 aliphatic heterocycles. The highest BCUT2D eigenvalue weighted by atomic mass is 32.2. The van der Waals surface area contributed by atoms with E-state index in [2.05, 4.69) is 15.5 Å². The number of thioether (sulfide) groups is 1. The number of aromatic nitrogens is 2. The van der Waals surface area contributed by atoms with Crippen LogP contribution in [-0.4, -0.2) is 72.0 Å². The van der Waals surface area contributed by atoms with Crippen molar-refractivity contribution < 1.29 is 26.4 Å². The van der Waals surface area contributed by atoms with Crippen LogP contribution in [0.25, 0.3) is 0 Å². The monoisotopic (exact) mass is 418 g/mol. The van der Waals surface area contributed by atoms with Gasteiger partial charge in [0, 0.05) is 13.1 Å². The Kier molecular flexibility index (Phi) is 6.20. The lowest BCUT2D eigenvalue weighted by Gasteiger charge is -2.25. The number of amides is 1. The fraction of sp³-hybridized carbons (Fsp3) is 0.750. The number of anilines is 1. The molecule has 0 bridgehead atoms. The number of carbonyl (C=O) groups is 1. The Morgan fingerprint density at radius 3 is 2.72 bits per heavy atom. The summed E-state index contributed by atoms with van der Waals surface area (Å²) < 4.78 is 59.8. The molecule has 13 heteroatoms. The summed E-state index contributed by atoms with van der Waals surface area (Å²) in [5, 5.41) is 8.95. The van der Waals surface area contributed by atoms with E-state index in [1.807, 2.05) is 0 Å². The summed E-state index contributed by atoms with van der Waals surface area (Å²) in [6, 6.07) is -0.348. The van der Waals surface area contributed by atoms with Crippen LogP contribution in [0.2, 0.25) is 0 Å². The minimum Gasteiger partial charge on any atom is -0.351 e. The van der Waals surface area contributed by atoms with Gasteiger partial charge in [-0.3, -0.25) is 4.79 Å². The highest BCUT2D eigenvalue weighted by molar-refractivity contribution is 8.02. The fourth-order valence-corrected chi connectivity index (χ4v) is 6.02. The maximum Gasteiger partial charge on any atom is 0.405 e. The van der Waals surface area contributed by atoms with Gasteiger partial charge in [0.2, 0.25) is 11.0 Å². The van der Waals surface area contributed by atoms with E-state index >= 15 is 0 Å².